The molecule has 154 valence electrons. The highest BCUT2D eigenvalue weighted by Crippen LogP contribution is 2.37. The zero-order chi connectivity index (χ0) is 21.4. The quantitative estimate of drug-likeness (QED) is 0.548. The van der Waals surface area contributed by atoms with Crippen molar-refractivity contribution in [3.8, 4) is 0 Å². The molecule has 1 amide bonds. The van der Waals surface area contributed by atoms with Gasteiger partial charge in [0, 0.05) is 6.08 Å². The molecule has 9 nitrogen and oxygen atoms in total. The molecule has 0 bridgehead atoms. The van der Waals surface area contributed by atoms with Crippen molar-refractivity contribution in [2.75, 3.05) is 6.61 Å². The topological polar surface area (TPSA) is 144 Å². The Labute approximate surface area is 173 Å². The average molecular weight is 427 g/mol. The number of aromatic nitrogens is 1. The van der Waals surface area contributed by atoms with E-state index in [0.717, 1.165) is 15.9 Å². The van der Waals surface area contributed by atoms with E-state index in [9.17, 15) is 14.4 Å². The van der Waals surface area contributed by atoms with Crippen molar-refractivity contribution in [1.82, 2.24) is 4.57 Å². The molecule has 10 heteroatoms. The van der Waals surface area contributed by atoms with E-state index in [1.807, 2.05) is 0 Å². The maximum Gasteiger partial charge on any atom is 0.338 e. The third kappa shape index (κ3) is 3.07. The Morgan fingerprint density at radius 1 is 1.23 bits per heavy atom. The first-order valence-electron chi connectivity index (χ1n) is 8.95. The molecular formula is C20H17N3O6S. The Morgan fingerprint density at radius 3 is 2.57 bits per heavy atom. The normalized spacial score (nSPS) is 16.6. The number of amides is 1. The Bertz CT molecular complexity index is 1330. The predicted octanol–water partition coefficient (Wildman–Crippen LogP) is 0.0484. The number of nitrogens with zero attached hydrogens (tertiary/aromatic N) is 1. The number of carbonyl (C=O) groups is 2. The molecule has 1 unspecified atom stereocenters. The van der Waals surface area contributed by atoms with E-state index >= 15 is 0 Å². The molecular weight excluding hydrogens is 410 g/mol. The molecule has 30 heavy (non-hydrogen) atoms. The summed E-state index contributed by atoms with van der Waals surface area (Å²) in [5, 5.41) is 0. The van der Waals surface area contributed by atoms with Crippen LogP contribution in [0.1, 0.15) is 24.4 Å². The van der Waals surface area contributed by atoms with Crippen molar-refractivity contribution in [2.45, 2.75) is 12.8 Å². The first kappa shape index (κ1) is 19.5. The summed E-state index contributed by atoms with van der Waals surface area (Å²) in [6.07, 6.45) is 4.40. The van der Waals surface area contributed by atoms with Gasteiger partial charge in [-0.3, -0.25) is 14.2 Å². The van der Waals surface area contributed by atoms with Gasteiger partial charge in [0.15, 0.2) is 0 Å². The summed E-state index contributed by atoms with van der Waals surface area (Å²) in [5.74, 6) is -2.01. The number of thiazole rings is 1. The van der Waals surface area contributed by atoms with Crippen molar-refractivity contribution >= 4 is 40.7 Å². The maximum absolute atomic E-state index is 13.1. The maximum atomic E-state index is 13.1. The number of furan rings is 2. The van der Waals surface area contributed by atoms with Gasteiger partial charge < -0.3 is 25.0 Å². The van der Waals surface area contributed by atoms with Crippen molar-refractivity contribution < 1.29 is 23.2 Å². The van der Waals surface area contributed by atoms with Crippen molar-refractivity contribution in [1.29, 1.82) is 0 Å². The molecule has 1 aliphatic heterocycles. The number of primary amides is 1. The summed E-state index contributed by atoms with van der Waals surface area (Å²) in [6, 6.07) is 6.56. The van der Waals surface area contributed by atoms with Crippen LogP contribution in [-0.4, -0.2) is 23.1 Å². The lowest BCUT2D eigenvalue weighted by Crippen LogP contribution is -2.42. The van der Waals surface area contributed by atoms with E-state index in [2.05, 4.69) is 0 Å². The molecule has 1 aliphatic rings. The van der Waals surface area contributed by atoms with Gasteiger partial charge in [0.05, 0.1) is 40.7 Å². The first-order valence-corrected chi connectivity index (χ1v) is 9.77. The van der Waals surface area contributed by atoms with Crippen LogP contribution >= 0.6 is 11.3 Å². The van der Waals surface area contributed by atoms with E-state index < -0.39 is 23.4 Å². The average Bonchev–Trinajstić information content (AvgIpc) is 3.44. The number of nitrogens with two attached hydrogens (primary N) is 2. The minimum Gasteiger partial charge on any atom is -0.468 e. The molecule has 4 rings (SSSR count). The minimum atomic E-state index is -1.01. The number of esters is 1. The van der Waals surface area contributed by atoms with Crippen LogP contribution in [0.25, 0.3) is 17.5 Å². The molecule has 4 N–H and O–H groups in total. The lowest BCUT2D eigenvalue weighted by atomic mass is 9.86. The van der Waals surface area contributed by atoms with Crippen LogP contribution in [0.15, 0.2) is 56.0 Å². The summed E-state index contributed by atoms with van der Waals surface area (Å²) in [4.78, 5) is 38.3. The van der Waals surface area contributed by atoms with E-state index in [1.54, 1.807) is 31.2 Å². The van der Waals surface area contributed by atoms with Crippen LogP contribution in [0.5, 0.6) is 0 Å². The van der Waals surface area contributed by atoms with Crippen LogP contribution in [0.4, 0.5) is 0 Å². The van der Waals surface area contributed by atoms with Gasteiger partial charge in [-0.1, -0.05) is 0 Å². The fraction of sp³-hybridized carbons (Fsp3) is 0.150. The van der Waals surface area contributed by atoms with E-state index in [4.69, 9.17) is 25.0 Å². The van der Waals surface area contributed by atoms with Crippen LogP contribution < -0.4 is 26.2 Å². The smallest absolute Gasteiger partial charge is 0.338 e. The van der Waals surface area contributed by atoms with Gasteiger partial charge in [-0.15, -0.1) is 11.3 Å². The monoisotopic (exact) mass is 427 g/mol. The lowest BCUT2D eigenvalue weighted by molar-refractivity contribution is -0.138. The summed E-state index contributed by atoms with van der Waals surface area (Å²) in [7, 11) is 0. The summed E-state index contributed by atoms with van der Waals surface area (Å²) >= 11 is 1.02. The first-order chi connectivity index (χ1) is 14.4. The summed E-state index contributed by atoms with van der Waals surface area (Å²) < 4.78 is 17.4. The van der Waals surface area contributed by atoms with Gasteiger partial charge in [0.25, 0.3) is 5.56 Å². The minimum absolute atomic E-state index is 0.0170. The molecule has 0 saturated carbocycles. The second kappa shape index (κ2) is 7.56. The molecule has 0 radical (unpaired) electrons. The highest BCUT2D eigenvalue weighted by molar-refractivity contribution is 7.07. The molecule has 3 aromatic rings. The second-order valence-electron chi connectivity index (χ2n) is 6.32. The Balaban J connectivity index is 2.11. The predicted molar refractivity (Wildman–Crippen MR) is 108 cm³/mol. The number of hydrogen-bond donors (Lipinski definition) is 2. The number of rotatable bonds is 5. The molecule has 3 aromatic heterocycles. The Kier molecular flexibility index (Phi) is 4.92. The van der Waals surface area contributed by atoms with Gasteiger partial charge in [0.2, 0.25) is 5.91 Å². The van der Waals surface area contributed by atoms with Gasteiger partial charge in [-0.05, 0) is 31.2 Å². The molecule has 4 heterocycles. The zero-order valence-corrected chi connectivity index (χ0v) is 16.6. The highest BCUT2D eigenvalue weighted by Gasteiger charge is 2.40. The molecule has 0 aliphatic carbocycles. The van der Waals surface area contributed by atoms with E-state index in [0.29, 0.717) is 5.76 Å². The van der Waals surface area contributed by atoms with E-state index in [-0.39, 0.29) is 38.5 Å². The number of ether oxygens (including phenoxy) is 1. The Morgan fingerprint density at radius 2 is 1.97 bits per heavy atom. The third-order valence-corrected chi connectivity index (χ3v) is 5.66. The highest BCUT2D eigenvalue weighted by atomic mass is 32.1. The van der Waals surface area contributed by atoms with Crippen molar-refractivity contribution in [3.63, 3.8) is 0 Å². The van der Waals surface area contributed by atoms with Crippen LogP contribution in [0.3, 0.4) is 0 Å². The summed E-state index contributed by atoms with van der Waals surface area (Å²) in [5.41, 5.74) is 11.4. The van der Waals surface area contributed by atoms with Crippen molar-refractivity contribution in [2.24, 2.45) is 11.5 Å². The lowest BCUT2D eigenvalue weighted by Gasteiger charge is -2.24. The number of hydrogen-bond acceptors (Lipinski definition) is 8. The second-order valence-corrected chi connectivity index (χ2v) is 7.35. The fourth-order valence-corrected chi connectivity index (χ4v) is 4.50. The number of carbonyl (C=O) groups excluding carboxylic acids is 2. The SMILES string of the molecule is CCOC(=O)C1=C(N)n2c(sc(=Cc3ccco3)c2=O)=C(C(N)=O)C1c1ccco1. The van der Waals surface area contributed by atoms with Gasteiger partial charge in [-0.2, -0.15) is 0 Å². The van der Waals surface area contributed by atoms with Crippen LogP contribution in [0.2, 0.25) is 0 Å². The van der Waals surface area contributed by atoms with Crippen LogP contribution in [-0.2, 0) is 14.3 Å². The van der Waals surface area contributed by atoms with Gasteiger partial charge in [0.1, 0.15) is 22.0 Å². The standard InChI is InChI=1S/C20H17N3O6S/c1-2-27-20(26)14-13(11-6-4-8-29-11)15(17(22)24)19-23(16(14)21)18(25)12(30-19)9-10-5-3-7-28-10/h3-9,13H,2,21H2,1H3,(H2,22,24). The molecule has 0 aromatic carbocycles. The fourth-order valence-electron chi connectivity index (χ4n) is 3.34. The number of fused-ring (bicyclic) bond motifs is 1. The van der Waals surface area contributed by atoms with Gasteiger partial charge >= 0.3 is 5.97 Å². The van der Waals surface area contributed by atoms with Crippen molar-refractivity contribution in [3.05, 3.63) is 73.4 Å². The largest absolute Gasteiger partial charge is 0.468 e. The molecule has 0 spiro atoms. The third-order valence-electron chi connectivity index (χ3n) is 4.55. The Hall–Kier alpha value is -3.79. The van der Waals surface area contributed by atoms with Gasteiger partial charge in [-0.25, -0.2) is 4.79 Å². The molecule has 1 atom stereocenters. The molecule has 0 saturated heterocycles. The molecule has 0 fully saturated rings. The van der Waals surface area contributed by atoms with E-state index in [1.165, 1.54) is 18.6 Å². The summed E-state index contributed by atoms with van der Waals surface area (Å²) in [6.45, 7) is 1.71. The van der Waals surface area contributed by atoms with Crippen LogP contribution in [0, 0.1) is 0 Å². The zero-order valence-electron chi connectivity index (χ0n) is 15.8.